The highest BCUT2D eigenvalue weighted by Crippen LogP contribution is 2.27. The largest absolute Gasteiger partial charge is 0.491 e. The SMILES string of the molecule is Cc1cc(Sc2ncccn2)ccc1NC(=O)NCC(O)COc1ccccc1. The monoisotopic (exact) mass is 410 g/mol. The number of aliphatic hydroxyl groups is 1. The number of hydrogen-bond acceptors (Lipinski definition) is 6. The highest BCUT2D eigenvalue weighted by atomic mass is 32.2. The van der Waals surface area contributed by atoms with Crippen LogP contribution in [0.15, 0.2) is 77.0 Å². The van der Waals surface area contributed by atoms with E-state index in [2.05, 4.69) is 20.6 Å². The van der Waals surface area contributed by atoms with E-state index in [9.17, 15) is 9.90 Å². The lowest BCUT2D eigenvalue weighted by Gasteiger charge is -2.14. The van der Waals surface area contributed by atoms with Gasteiger partial charge in [0.15, 0.2) is 5.16 Å². The van der Waals surface area contributed by atoms with Crippen molar-refractivity contribution < 1.29 is 14.6 Å². The van der Waals surface area contributed by atoms with Gasteiger partial charge >= 0.3 is 6.03 Å². The molecule has 0 saturated heterocycles. The summed E-state index contributed by atoms with van der Waals surface area (Å²) in [6.07, 6.45) is 2.58. The third-order valence-electron chi connectivity index (χ3n) is 3.88. The van der Waals surface area contributed by atoms with Crippen molar-refractivity contribution in [2.24, 2.45) is 0 Å². The number of rotatable bonds is 8. The Morgan fingerprint density at radius 3 is 2.62 bits per heavy atom. The van der Waals surface area contributed by atoms with Crippen LogP contribution in [0.1, 0.15) is 5.56 Å². The highest BCUT2D eigenvalue weighted by Gasteiger charge is 2.10. The number of aryl methyl sites for hydroxylation is 1. The maximum absolute atomic E-state index is 12.1. The number of para-hydroxylation sites is 1. The molecule has 150 valence electrons. The van der Waals surface area contributed by atoms with Crippen molar-refractivity contribution in [3.05, 3.63) is 72.6 Å². The molecule has 7 nitrogen and oxygen atoms in total. The first kappa shape index (κ1) is 20.6. The number of urea groups is 1. The molecule has 8 heteroatoms. The minimum atomic E-state index is -0.813. The van der Waals surface area contributed by atoms with E-state index in [1.54, 1.807) is 18.5 Å². The third-order valence-corrected chi connectivity index (χ3v) is 4.76. The molecule has 0 bridgehead atoms. The van der Waals surface area contributed by atoms with Gasteiger partial charge in [-0.2, -0.15) is 0 Å². The predicted octanol–water partition coefficient (Wildman–Crippen LogP) is 3.50. The lowest BCUT2D eigenvalue weighted by atomic mass is 10.2. The van der Waals surface area contributed by atoms with Gasteiger partial charge in [-0.05, 0) is 60.6 Å². The number of benzene rings is 2. The molecule has 0 saturated carbocycles. The number of carbonyl (C=O) groups excluding carboxylic acids is 1. The van der Waals surface area contributed by atoms with E-state index in [1.165, 1.54) is 11.8 Å². The van der Waals surface area contributed by atoms with E-state index in [-0.39, 0.29) is 13.2 Å². The van der Waals surface area contributed by atoms with E-state index in [4.69, 9.17) is 4.74 Å². The molecule has 1 unspecified atom stereocenters. The summed E-state index contributed by atoms with van der Waals surface area (Å²) in [6, 6.07) is 16.3. The van der Waals surface area contributed by atoms with Gasteiger partial charge in [0.2, 0.25) is 0 Å². The minimum Gasteiger partial charge on any atom is -0.491 e. The van der Waals surface area contributed by atoms with Crippen LogP contribution in [0.25, 0.3) is 0 Å². The van der Waals surface area contributed by atoms with Crippen LogP contribution in [-0.2, 0) is 0 Å². The van der Waals surface area contributed by atoms with E-state index >= 15 is 0 Å². The maximum atomic E-state index is 12.1. The third kappa shape index (κ3) is 6.78. The van der Waals surface area contributed by atoms with Gasteiger partial charge in [0.25, 0.3) is 0 Å². The Morgan fingerprint density at radius 1 is 1.14 bits per heavy atom. The summed E-state index contributed by atoms with van der Waals surface area (Å²) in [5.74, 6) is 0.672. The zero-order chi connectivity index (χ0) is 20.5. The molecule has 3 aromatic rings. The van der Waals surface area contributed by atoms with Crippen molar-refractivity contribution in [3.63, 3.8) is 0 Å². The molecule has 2 aromatic carbocycles. The number of aromatic nitrogens is 2. The van der Waals surface area contributed by atoms with Crippen LogP contribution < -0.4 is 15.4 Å². The van der Waals surface area contributed by atoms with Crippen molar-refractivity contribution >= 4 is 23.5 Å². The van der Waals surface area contributed by atoms with Crippen LogP contribution in [0.3, 0.4) is 0 Å². The zero-order valence-electron chi connectivity index (χ0n) is 15.9. The quantitative estimate of drug-likeness (QED) is 0.492. The summed E-state index contributed by atoms with van der Waals surface area (Å²) in [6.45, 7) is 2.09. The van der Waals surface area contributed by atoms with E-state index in [0.717, 1.165) is 10.5 Å². The van der Waals surface area contributed by atoms with Gasteiger partial charge in [-0.3, -0.25) is 0 Å². The van der Waals surface area contributed by atoms with Crippen LogP contribution in [0.2, 0.25) is 0 Å². The molecular formula is C21H22N4O3S. The molecule has 1 aromatic heterocycles. The molecule has 2 amide bonds. The average molecular weight is 410 g/mol. The topological polar surface area (TPSA) is 96.4 Å². The van der Waals surface area contributed by atoms with Crippen molar-refractivity contribution in [2.75, 3.05) is 18.5 Å². The van der Waals surface area contributed by atoms with Gasteiger partial charge in [-0.15, -0.1) is 0 Å². The Kier molecular flexibility index (Phi) is 7.43. The molecule has 0 aliphatic carbocycles. The summed E-state index contributed by atoms with van der Waals surface area (Å²) in [4.78, 5) is 21.5. The van der Waals surface area contributed by atoms with Crippen LogP contribution in [-0.4, -0.2) is 40.4 Å². The number of aliphatic hydroxyl groups excluding tert-OH is 1. The summed E-state index contributed by atoms with van der Waals surface area (Å²) >= 11 is 1.45. The Bertz CT molecular complexity index is 926. The van der Waals surface area contributed by atoms with Crippen LogP contribution in [0.5, 0.6) is 5.75 Å². The van der Waals surface area contributed by atoms with Gasteiger partial charge in [0.05, 0.1) is 0 Å². The molecular weight excluding hydrogens is 388 g/mol. The summed E-state index contributed by atoms with van der Waals surface area (Å²) in [7, 11) is 0. The Morgan fingerprint density at radius 2 is 1.90 bits per heavy atom. The molecule has 29 heavy (non-hydrogen) atoms. The molecule has 0 spiro atoms. The summed E-state index contributed by atoms with van der Waals surface area (Å²) in [5, 5.41) is 16.1. The van der Waals surface area contributed by atoms with Crippen molar-refractivity contribution in [3.8, 4) is 5.75 Å². The predicted molar refractivity (Wildman–Crippen MR) is 112 cm³/mol. The number of hydrogen-bond donors (Lipinski definition) is 3. The van der Waals surface area contributed by atoms with Crippen molar-refractivity contribution in [1.29, 1.82) is 0 Å². The van der Waals surface area contributed by atoms with Gasteiger partial charge < -0.3 is 20.5 Å². The lowest BCUT2D eigenvalue weighted by Crippen LogP contribution is -2.37. The first-order chi connectivity index (χ1) is 14.1. The lowest BCUT2D eigenvalue weighted by molar-refractivity contribution is 0.108. The second-order valence-corrected chi connectivity index (χ2v) is 7.26. The fraction of sp³-hybridized carbons (Fsp3) is 0.190. The number of nitrogens with zero attached hydrogens (tertiary/aromatic N) is 2. The number of ether oxygens (including phenoxy) is 1. The molecule has 0 aliphatic heterocycles. The Hall–Kier alpha value is -3.10. The summed E-state index contributed by atoms with van der Waals surface area (Å²) in [5.41, 5.74) is 1.60. The van der Waals surface area contributed by atoms with E-state index in [0.29, 0.717) is 16.6 Å². The number of amides is 2. The number of nitrogens with one attached hydrogen (secondary N) is 2. The van der Waals surface area contributed by atoms with Gasteiger partial charge in [0, 0.05) is 29.5 Å². The van der Waals surface area contributed by atoms with Crippen LogP contribution in [0.4, 0.5) is 10.5 Å². The molecule has 0 fully saturated rings. The number of anilines is 1. The zero-order valence-corrected chi connectivity index (χ0v) is 16.7. The second-order valence-electron chi connectivity index (χ2n) is 6.22. The molecule has 3 rings (SSSR count). The van der Waals surface area contributed by atoms with Crippen LogP contribution in [0, 0.1) is 6.92 Å². The molecule has 3 N–H and O–H groups in total. The van der Waals surface area contributed by atoms with Gasteiger partial charge in [0.1, 0.15) is 18.5 Å². The summed E-state index contributed by atoms with van der Waals surface area (Å²) < 4.78 is 5.47. The fourth-order valence-corrected chi connectivity index (χ4v) is 3.24. The Balaban J connectivity index is 1.45. The first-order valence-corrected chi connectivity index (χ1v) is 9.88. The van der Waals surface area contributed by atoms with E-state index in [1.807, 2.05) is 55.5 Å². The normalized spacial score (nSPS) is 11.5. The fourth-order valence-electron chi connectivity index (χ4n) is 2.43. The van der Waals surface area contributed by atoms with E-state index < -0.39 is 12.1 Å². The standard InChI is InChI=1S/C21H22N4O3S/c1-15-12-18(29-21-22-10-5-11-23-21)8-9-19(15)25-20(27)24-13-16(26)14-28-17-6-3-2-4-7-17/h2-12,16,26H,13-14H2,1H3,(H2,24,25,27). The Labute approximate surface area is 173 Å². The first-order valence-electron chi connectivity index (χ1n) is 9.06. The molecule has 1 atom stereocenters. The van der Waals surface area contributed by atoms with Gasteiger partial charge in [-0.25, -0.2) is 14.8 Å². The second kappa shape index (κ2) is 10.4. The van der Waals surface area contributed by atoms with Gasteiger partial charge in [-0.1, -0.05) is 18.2 Å². The van der Waals surface area contributed by atoms with Crippen LogP contribution >= 0.6 is 11.8 Å². The van der Waals surface area contributed by atoms with Crippen molar-refractivity contribution in [2.45, 2.75) is 23.1 Å². The average Bonchev–Trinajstić information content (AvgIpc) is 2.74. The molecule has 0 radical (unpaired) electrons. The smallest absolute Gasteiger partial charge is 0.319 e. The minimum absolute atomic E-state index is 0.0804. The molecule has 0 aliphatic rings. The number of carbonyl (C=O) groups is 1. The highest BCUT2D eigenvalue weighted by molar-refractivity contribution is 7.99. The molecule has 1 heterocycles. The van der Waals surface area contributed by atoms with Crippen molar-refractivity contribution in [1.82, 2.24) is 15.3 Å². The maximum Gasteiger partial charge on any atom is 0.319 e.